The van der Waals surface area contributed by atoms with Gasteiger partial charge in [0.05, 0.1) is 32.6 Å². The van der Waals surface area contributed by atoms with Gasteiger partial charge >= 0.3 is 5.97 Å². The highest BCUT2D eigenvalue weighted by molar-refractivity contribution is 5.96. The molecule has 0 bridgehead atoms. The molecule has 7 heteroatoms. The Morgan fingerprint density at radius 2 is 1.90 bits per heavy atom. The fraction of sp³-hybridized carbons (Fsp3) is 0.273. The van der Waals surface area contributed by atoms with E-state index in [4.69, 9.17) is 18.6 Å². The second kappa shape index (κ2) is 8.68. The largest absolute Gasteiger partial charge is 0.497 e. The van der Waals surface area contributed by atoms with Crippen molar-refractivity contribution >= 4 is 28.5 Å². The number of nitrogens with one attached hydrogen (secondary N) is 1. The monoisotopic (exact) mass is 397 g/mol. The molecule has 0 saturated carbocycles. The van der Waals surface area contributed by atoms with Gasteiger partial charge in [0, 0.05) is 17.0 Å². The third kappa shape index (κ3) is 4.68. The second-order valence-electron chi connectivity index (χ2n) is 6.62. The number of amides is 1. The van der Waals surface area contributed by atoms with E-state index >= 15 is 0 Å². The molecule has 0 aliphatic rings. The van der Waals surface area contributed by atoms with Crippen LogP contribution >= 0.6 is 0 Å². The van der Waals surface area contributed by atoms with E-state index in [9.17, 15) is 9.59 Å². The van der Waals surface area contributed by atoms with Gasteiger partial charge in [-0.1, -0.05) is 12.1 Å². The summed E-state index contributed by atoms with van der Waals surface area (Å²) in [5, 5.41) is 3.55. The predicted molar refractivity (Wildman–Crippen MR) is 108 cm³/mol. The van der Waals surface area contributed by atoms with Crippen molar-refractivity contribution in [3.63, 3.8) is 0 Å². The molecule has 1 N–H and O–H groups in total. The summed E-state index contributed by atoms with van der Waals surface area (Å²) >= 11 is 0. The van der Waals surface area contributed by atoms with Gasteiger partial charge in [-0.2, -0.15) is 0 Å². The number of aryl methyl sites for hydroxylation is 1. The lowest BCUT2D eigenvalue weighted by Crippen LogP contribution is -2.30. The first-order valence-electron chi connectivity index (χ1n) is 9.10. The molecule has 1 heterocycles. The molecule has 0 fully saturated rings. The van der Waals surface area contributed by atoms with Crippen LogP contribution < -0.4 is 14.8 Å². The van der Waals surface area contributed by atoms with E-state index in [1.54, 1.807) is 18.2 Å². The maximum atomic E-state index is 12.5. The minimum Gasteiger partial charge on any atom is -0.497 e. The third-order valence-corrected chi connectivity index (χ3v) is 4.49. The first-order valence-corrected chi connectivity index (χ1v) is 9.10. The Morgan fingerprint density at radius 1 is 1.10 bits per heavy atom. The van der Waals surface area contributed by atoms with E-state index in [2.05, 4.69) is 5.32 Å². The van der Waals surface area contributed by atoms with Crippen molar-refractivity contribution in [2.75, 3.05) is 19.5 Å². The summed E-state index contributed by atoms with van der Waals surface area (Å²) in [5.41, 5.74) is 2.92. The first kappa shape index (κ1) is 20.3. The Kier molecular flexibility index (Phi) is 6.07. The lowest BCUT2D eigenvalue weighted by molar-refractivity contribution is -0.152. The van der Waals surface area contributed by atoms with Gasteiger partial charge in [0.2, 0.25) is 0 Å². The maximum Gasteiger partial charge on any atom is 0.311 e. The minimum atomic E-state index is -0.987. The molecule has 29 heavy (non-hydrogen) atoms. The summed E-state index contributed by atoms with van der Waals surface area (Å²) < 4.78 is 21.2. The number of methoxy groups -OCH3 is 2. The van der Waals surface area contributed by atoms with Gasteiger partial charge in [-0.3, -0.25) is 9.59 Å². The van der Waals surface area contributed by atoms with Crippen LogP contribution in [-0.4, -0.2) is 32.2 Å². The van der Waals surface area contributed by atoms with E-state index in [-0.39, 0.29) is 6.42 Å². The van der Waals surface area contributed by atoms with E-state index in [0.717, 1.165) is 10.9 Å². The summed E-state index contributed by atoms with van der Waals surface area (Å²) in [7, 11) is 3.02. The average molecular weight is 397 g/mol. The summed E-state index contributed by atoms with van der Waals surface area (Å²) in [4.78, 5) is 24.8. The van der Waals surface area contributed by atoms with Crippen molar-refractivity contribution < 1.29 is 28.2 Å². The van der Waals surface area contributed by atoms with Gasteiger partial charge in [-0.05, 0) is 37.6 Å². The van der Waals surface area contributed by atoms with Gasteiger partial charge < -0.3 is 23.9 Å². The molecule has 0 aliphatic heterocycles. The van der Waals surface area contributed by atoms with Crippen LogP contribution in [0.5, 0.6) is 11.5 Å². The summed E-state index contributed by atoms with van der Waals surface area (Å²) in [6.07, 6.45) is 0.562. The highest BCUT2D eigenvalue weighted by Crippen LogP contribution is 2.29. The lowest BCUT2D eigenvalue weighted by Gasteiger charge is -2.15. The minimum absolute atomic E-state index is 0.0101. The normalized spacial score (nSPS) is 11.7. The maximum absolute atomic E-state index is 12.5. The first-order chi connectivity index (χ1) is 13.9. The van der Waals surface area contributed by atoms with Crippen LogP contribution in [0.4, 0.5) is 5.69 Å². The molecule has 1 atom stereocenters. The zero-order valence-electron chi connectivity index (χ0n) is 16.8. The standard InChI is InChI=1S/C22H23NO6/c1-13-5-7-17-15(12-28-20(17)9-13)10-21(24)29-14(2)22(25)23-18-11-16(26-3)6-8-19(18)27-4/h5-9,11-12,14H,10H2,1-4H3,(H,23,25). The van der Waals surface area contributed by atoms with Gasteiger partial charge in [0.15, 0.2) is 6.10 Å². The molecule has 2 aromatic carbocycles. The highest BCUT2D eigenvalue weighted by Gasteiger charge is 2.21. The van der Waals surface area contributed by atoms with E-state index < -0.39 is 18.0 Å². The van der Waals surface area contributed by atoms with Crippen LogP contribution in [0.25, 0.3) is 11.0 Å². The third-order valence-electron chi connectivity index (χ3n) is 4.49. The number of benzene rings is 2. The van der Waals surface area contributed by atoms with E-state index in [0.29, 0.717) is 28.3 Å². The van der Waals surface area contributed by atoms with Crippen LogP contribution in [-0.2, 0) is 20.7 Å². The van der Waals surface area contributed by atoms with Gasteiger partial charge in [0.25, 0.3) is 5.91 Å². The average Bonchev–Trinajstić information content (AvgIpc) is 3.09. The van der Waals surface area contributed by atoms with Crippen LogP contribution in [0.3, 0.4) is 0 Å². The summed E-state index contributed by atoms with van der Waals surface area (Å²) in [6, 6.07) is 10.8. The molecule has 1 aromatic heterocycles. The predicted octanol–water partition coefficient (Wildman–Crippen LogP) is 3.87. The van der Waals surface area contributed by atoms with Gasteiger partial charge in [-0.15, -0.1) is 0 Å². The molecular weight excluding hydrogens is 374 g/mol. The fourth-order valence-corrected chi connectivity index (χ4v) is 2.92. The second-order valence-corrected chi connectivity index (χ2v) is 6.62. The molecule has 3 aromatic rings. The number of carbonyl (C=O) groups excluding carboxylic acids is 2. The van der Waals surface area contributed by atoms with Crippen molar-refractivity contribution in [1.29, 1.82) is 0 Å². The molecular formula is C22H23NO6. The van der Waals surface area contributed by atoms with Crippen LogP contribution in [0.2, 0.25) is 0 Å². The van der Waals surface area contributed by atoms with Crippen LogP contribution in [0, 0.1) is 6.92 Å². The molecule has 1 unspecified atom stereocenters. The number of ether oxygens (including phenoxy) is 3. The number of rotatable bonds is 7. The Labute approximate surface area is 168 Å². The molecule has 7 nitrogen and oxygen atoms in total. The van der Waals surface area contributed by atoms with Crippen LogP contribution in [0.1, 0.15) is 18.1 Å². The smallest absolute Gasteiger partial charge is 0.311 e. The molecule has 0 aliphatic carbocycles. The number of furan rings is 1. The van der Waals surface area contributed by atoms with Crippen molar-refractivity contribution in [3.05, 3.63) is 53.8 Å². The fourth-order valence-electron chi connectivity index (χ4n) is 2.92. The molecule has 0 saturated heterocycles. The Bertz CT molecular complexity index is 1040. The Morgan fingerprint density at radius 3 is 2.62 bits per heavy atom. The Balaban J connectivity index is 1.64. The van der Waals surface area contributed by atoms with Gasteiger partial charge in [-0.25, -0.2) is 0 Å². The molecule has 0 radical (unpaired) electrons. The Hall–Kier alpha value is -3.48. The molecule has 0 spiro atoms. The number of esters is 1. The number of hydrogen-bond acceptors (Lipinski definition) is 6. The quantitative estimate of drug-likeness (QED) is 0.609. The van der Waals surface area contributed by atoms with Crippen molar-refractivity contribution in [2.45, 2.75) is 26.4 Å². The van der Waals surface area contributed by atoms with Crippen molar-refractivity contribution in [1.82, 2.24) is 0 Å². The SMILES string of the molecule is COc1ccc(OC)c(NC(=O)C(C)OC(=O)Cc2coc3cc(C)ccc23)c1. The van der Waals surface area contributed by atoms with E-state index in [1.807, 2.05) is 25.1 Å². The van der Waals surface area contributed by atoms with Gasteiger partial charge in [0.1, 0.15) is 17.1 Å². The number of carbonyl (C=O) groups is 2. The lowest BCUT2D eigenvalue weighted by atomic mass is 10.1. The summed E-state index contributed by atoms with van der Waals surface area (Å²) in [6.45, 7) is 3.48. The molecule has 152 valence electrons. The zero-order valence-corrected chi connectivity index (χ0v) is 16.8. The number of anilines is 1. The summed E-state index contributed by atoms with van der Waals surface area (Å²) in [5.74, 6) is 0.0387. The highest BCUT2D eigenvalue weighted by atomic mass is 16.5. The zero-order chi connectivity index (χ0) is 21.0. The topological polar surface area (TPSA) is 87.0 Å². The van der Waals surface area contributed by atoms with Crippen molar-refractivity contribution in [3.8, 4) is 11.5 Å². The molecule has 3 rings (SSSR count). The molecule has 1 amide bonds. The number of fused-ring (bicyclic) bond motifs is 1. The van der Waals surface area contributed by atoms with E-state index in [1.165, 1.54) is 27.4 Å². The van der Waals surface area contributed by atoms with Crippen molar-refractivity contribution in [2.24, 2.45) is 0 Å². The number of hydrogen-bond donors (Lipinski definition) is 1. The van der Waals surface area contributed by atoms with Crippen LogP contribution in [0.15, 0.2) is 47.1 Å².